The number of benzene rings is 1. The van der Waals surface area contributed by atoms with Gasteiger partial charge in [-0.1, -0.05) is 18.5 Å². The molecule has 0 aliphatic carbocycles. The van der Waals surface area contributed by atoms with Gasteiger partial charge in [-0.2, -0.15) is 5.26 Å². The number of nitrogens with zero attached hydrogens (tertiary/aromatic N) is 1. The molecule has 2 rings (SSSR count). The van der Waals surface area contributed by atoms with Gasteiger partial charge in [0, 0.05) is 10.6 Å². The maximum absolute atomic E-state index is 12.2. The number of halogens is 1. The average Bonchev–Trinajstić information content (AvgIpc) is 2.96. The van der Waals surface area contributed by atoms with Crippen molar-refractivity contribution < 1.29 is 14.3 Å². The van der Waals surface area contributed by atoms with Crippen molar-refractivity contribution in [2.75, 3.05) is 5.32 Å². The predicted molar refractivity (Wildman–Crippen MR) is 98.1 cm³/mol. The molecule has 0 saturated heterocycles. The molecule has 0 bridgehead atoms. The van der Waals surface area contributed by atoms with E-state index >= 15 is 0 Å². The van der Waals surface area contributed by atoms with Gasteiger partial charge < -0.3 is 10.1 Å². The van der Waals surface area contributed by atoms with Gasteiger partial charge >= 0.3 is 5.97 Å². The SMILES string of the molecule is CCc1sc(C(=O)O[C@@H](C)C(=O)Nc2ccc(C#N)c(Cl)c2)cc1C. The van der Waals surface area contributed by atoms with Crippen molar-refractivity contribution in [1.82, 2.24) is 0 Å². The standard InChI is InChI=1S/C18H17ClN2O3S/c1-4-15-10(2)7-16(25-15)18(23)24-11(3)17(22)21-13-6-5-12(9-20)14(19)8-13/h5-8,11H,4H2,1-3H3,(H,21,22)/t11-/m0/s1. The van der Waals surface area contributed by atoms with Crippen LogP contribution in [-0.4, -0.2) is 18.0 Å². The Hall–Kier alpha value is -2.36. The van der Waals surface area contributed by atoms with E-state index in [2.05, 4.69) is 5.32 Å². The second-order valence-corrected chi connectivity index (χ2v) is 6.96. The van der Waals surface area contributed by atoms with Crippen LogP contribution in [0.25, 0.3) is 0 Å². The molecule has 130 valence electrons. The highest BCUT2D eigenvalue weighted by molar-refractivity contribution is 7.14. The summed E-state index contributed by atoms with van der Waals surface area (Å²) in [5.41, 5.74) is 1.79. The molecule has 25 heavy (non-hydrogen) atoms. The van der Waals surface area contributed by atoms with Crippen LogP contribution in [0.5, 0.6) is 0 Å². The Morgan fingerprint density at radius 3 is 2.68 bits per heavy atom. The summed E-state index contributed by atoms with van der Waals surface area (Å²) in [5, 5.41) is 11.7. The maximum Gasteiger partial charge on any atom is 0.349 e. The van der Waals surface area contributed by atoms with Gasteiger partial charge in [-0.15, -0.1) is 11.3 Å². The number of aryl methyl sites for hydroxylation is 2. The van der Waals surface area contributed by atoms with Gasteiger partial charge in [0.05, 0.1) is 10.6 Å². The fourth-order valence-electron chi connectivity index (χ4n) is 2.17. The van der Waals surface area contributed by atoms with Gasteiger partial charge in [0.1, 0.15) is 10.9 Å². The molecule has 0 spiro atoms. The summed E-state index contributed by atoms with van der Waals surface area (Å²) >= 11 is 7.31. The number of nitriles is 1. The number of amides is 1. The minimum absolute atomic E-state index is 0.242. The fourth-order valence-corrected chi connectivity index (χ4v) is 3.39. The highest BCUT2D eigenvalue weighted by Crippen LogP contribution is 2.24. The van der Waals surface area contributed by atoms with Gasteiger partial charge in [-0.3, -0.25) is 4.79 Å². The first kappa shape index (κ1) is 19.0. The Balaban J connectivity index is 2.01. The number of carbonyl (C=O) groups excluding carboxylic acids is 2. The fraction of sp³-hybridized carbons (Fsp3) is 0.278. The van der Waals surface area contributed by atoms with Crippen molar-refractivity contribution in [2.24, 2.45) is 0 Å². The topological polar surface area (TPSA) is 79.2 Å². The number of hydrogen-bond acceptors (Lipinski definition) is 5. The van der Waals surface area contributed by atoms with E-state index in [9.17, 15) is 9.59 Å². The zero-order valence-corrected chi connectivity index (χ0v) is 15.6. The first-order chi connectivity index (χ1) is 11.8. The van der Waals surface area contributed by atoms with Gasteiger partial charge in [0.25, 0.3) is 5.91 Å². The molecule has 1 N–H and O–H groups in total. The third kappa shape index (κ3) is 4.59. The summed E-state index contributed by atoms with van der Waals surface area (Å²) in [4.78, 5) is 26.0. The zero-order valence-electron chi connectivity index (χ0n) is 14.1. The lowest BCUT2D eigenvalue weighted by Crippen LogP contribution is -2.29. The lowest BCUT2D eigenvalue weighted by atomic mass is 10.2. The largest absolute Gasteiger partial charge is 0.448 e. The number of thiophene rings is 1. The van der Waals surface area contributed by atoms with E-state index in [1.54, 1.807) is 12.1 Å². The molecule has 2 aromatic rings. The Kier molecular flexibility index (Phi) is 6.18. The molecule has 0 aliphatic heterocycles. The molecule has 1 amide bonds. The number of ether oxygens (including phenoxy) is 1. The highest BCUT2D eigenvalue weighted by Gasteiger charge is 2.21. The van der Waals surface area contributed by atoms with Gasteiger partial charge in [-0.05, 0) is 50.1 Å². The van der Waals surface area contributed by atoms with E-state index in [4.69, 9.17) is 21.6 Å². The minimum Gasteiger partial charge on any atom is -0.448 e. The first-order valence-electron chi connectivity index (χ1n) is 7.66. The Morgan fingerprint density at radius 1 is 1.40 bits per heavy atom. The summed E-state index contributed by atoms with van der Waals surface area (Å²) in [7, 11) is 0. The quantitative estimate of drug-likeness (QED) is 0.788. The van der Waals surface area contributed by atoms with Crippen LogP contribution in [0.2, 0.25) is 5.02 Å². The third-order valence-electron chi connectivity index (χ3n) is 3.55. The molecule has 0 radical (unpaired) electrons. The lowest BCUT2D eigenvalue weighted by Gasteiger charge is -2.13. The molecule has 7 heteroatoms. The molecular weight excluding hydrogens is 360 g/mol. The molecule has 0 fully saturated rings. The van der Waals surface area contributed by atoms with Crippen LogP contribution in [0.1, 0.15) is 39.5 Å². The molecule has 1 aromatic heterocycles. The molecule has 0 saturated carbocycles. The summed E-state index contributed by atoms with van der Waals surface area (Å²) in [5.74, 6) is -0.994. The Labute approximate surface area is 155 Å². The highest BCUT2D eigenvalue weighted by atomic mass is 35.5. The summed E-state index contributed by atoms with van der Waals surface area (Å²) in [6.45, 7) is 5.46. The van der Waals surface area contributed by atoms with Crippen LogP contribution >= 0.6 is 22.9 Å². The number of hydrogen-bond donors (Lipinski definition) is 1. The normalized spacial score (nSPS) is 11.5. The van der Waals surface area contributed by atoms with Crippen LogP contribution < -0.4 is 5.32 Å². The number of carbonyl (C=O) groups is 2. The second kappa shape index (κ2) is 8.15. The number of rotatable bonds is 5. The van der Waals surface area contributed by atoms with Crippen molar-refractivity contribution >= 4 is 40.5 Å². The maximum atomic E-state index is 12.2. The summed E-state index contributed by atoms with van der Waals surface area (Å²) < 4.78 is 5.23. The van der Waals surface area contributed by atoms with Crippen molar-refractivity contribution in [2.45, 2.75) is 33.3 Å². The predicted octanol–water partition coefficient (Wildman–Crippen LogP) is 4.33. The molecule has 1 heterocycles. The first-order valence-corrected chi connectivity index (χ1v) is 8.86. The zero-order chi connectivity index (χ0) is 18.6. The van der Waals surface area contributed by atoms with E-state index in [1.807, 2.05) is 19.9 Å². The van der Waals surface area contributed by atoms with Crippen LogP contribution in [0.4, 0.5) is 5.69 Å². The van der Waals surface area contributed by atoms with E-state index in [0.717, 1.165) is 16.9 Å². The average molecular weight is 377 g/mol. The van der Waals surface area contributed by atoms with E-state index in [0.29, 0.717) is 16.1 Å². The molecular formula is C18H17ClN2O3S. The van der Waals surface area contributed by atoms with Crippen LogP contribution in [0, 0.1) is 18.3 Å². The molecule has 1 aromatic carbocycles. The summed E-state index contributed by atoms with van der Waals surface area (Å²) in [6.07, 6.45) is -0.117. The number of esters is 1. The van der Waals surface area contributed by atoms with Crippen molar-refractivity contribution in [3.63, 3.8) is 0 Å². The smallest absolute Gasteiger partial charge is 0.349 e. The Bertz CT molecular complexity index is 854. The van der Waals surface area contributed by atoms with E-state index in [1.165, 1.54) is 30.4 Å². The van der Waals surface area contributed by atoms with Crippen LogP contribution in [0.15, 0.2) is 24.3 Å². The second-order valence-electron chi connectivity index (χ2n) is 5.41. The van der Waals surface area contributed by atoms with Crippen molar-refractivity contribution in [3.05, 3.63) is 50.2 Å². The summed E-state index contributed by atoms with van der Waals surface area (Å²) in [6, 6.07) is 8.26. The van der Waals surface area contributed by atoms with Gasteiger partial charge in [-0.25, -0.2) is 4.79 Å². The Morgan fingerprint density at radius 2 is 2.12 bits per heavy atom. The van der Waals surface area contributed by atoms with Crippen molar-refractivity contribution in [1.29, 1.82) is 5.26 Å². The number of nitrogens with one attached hydrogen (secondary N) is 1. The van der Waals surface area contributed by atoms with Gasteiger partial charge in [0.2, 0.25) is 0 Å². The molecule has 5 nitrogen and oxygen atoms in total. The minimum atomic E-state index is -0.964. The molecule has 0 unspecified atom stereocenters. The number of anilines is 1. The van der Waals surface area contributed by atoms with Crippen LogP contribution in [0.3, 0.4) is 0 Å². The van der Waals surface area contributed by atoms with Crippen LogP contribution in [-0.2, 0) is 16.0 Å². The van der Waals surface area contributed by atoms with E-state index in [-0.39, 0.29) is 5.02 Å². The van der Waals surface area contributed by atoms with Gasteiger partial charge in [0.15, 0.2) is 6.10 Å². The molecule has 1 atom stereocenters. The lowest BCUT2D eigenvalue weighted by molar-refractivity contribution is -0.123. The third-order valence-corrected chi connectivity index (χ3v) is 5.23. The van der Waals surface area contributed by atoms with E-state index < -0.39 is 18.0 Å². The molecule has 0 aliphatic rings. The van der Waals surface area contributed by atoms with Crippen molar-refractivity contribution in [3.8, 4) is 6.07 Å². The monoisotopic (exact) mass is 376 g/mol.